The van der Waals surface area contributed by atoms with Gasteiger partial charge in [-0.15, -0.1) is 0 Å². The van der Waals surface area contributed by atoms with E-state index in [0.717, 1.165) is 37.5 Å². The third kappa shape index (κ3) is 3.39. The predicted octanol–water partition coefficient (Wildman–Crippen LogP) is 2.61. The molecule has 2 rings (SSSR count). The molecule has 1 N–H and O–H groups in total. The van der Waals surface area contributed by atoms with Crippen LogP contribution in [0.25, 0.3) is 0 Å². The summed E-state index contributed by atoms with van der Waals surface area (Å²) in [6, 6.07) is 6.35. The standard InChI is InChI=1S/C16H23N3O/c1-4-8-19-9-7-18-16(19)11-13-5-6-15(20-3)14(10-13)12-17-2/h5-7,9-10,17H,4,8,11-12H2,1-3H3. The van der Waals surface area contributed by atoms with E-state index in [2.05, 4.69) is 40.1 Å². The maximum absolute atomic E-state index is 5.39. The fourth-order valence-corrected chi connectivity index (χ4v) is 2.40. The van der Waals surface area contributed by atoms with Crippen molar-refractivity contribution in [1.82, 2.24) is 14.9 Å². The van der Waals surface area contributed by atoms with Crippen LogP contribution in [0.4, 0.5) is 0 Å². The Labute approximate surface area is 120 Å². The second-order valence-electron chi connectivity index (χ2n) is 4.89. The summed E-state index contributed by atoms with van der Waals surface area (Å²) < 4.78 is 7.61. The third-order valence-electron chi connectivity index (χ3n) is 3.34. The second kappa shape index (κ2) is 7.10. The summed E-state index contributed by atoms with van der Waals surface area (Å²) in [7, 11) is 3.65. The molecule has 0 bridgehead atoms. The highest BCUT2D eigenvalue weighted by Crippen LogP contribution is 2.21. The van der Waals surface area contributed by atoms with Crippen molar-refractivity contribution in [2.45, 2.75) is 32.9 Å². The van der Waals surface area contributed by atoms with E-state index in [-0.39, 0.29) is 0 Å². The summed E-state index contributed by atoms with van der Waals surface area (Å²) in [4.78, 5) is 4.46. The van der Waals surface area contributed by atoms with Crippen molar-refractivity contribution in [3.8, 4) is 5.75 Å². The molecule has 1 aromatic heterocycles. The van der Waals surface area contributed by atoms with Crippen LogP contribution < -0.4 is 10.1 Å². The van der Waals surface area contributed by atoms with Gasteiger partial charge in [-0.05, 0) is 25.1 Å². The maximum Gasteiger partial charge on any atom is 0.123 e. The molecule has 0 saturated heterocycles. The molecule has 0 aliphatic carbocycles. The van der Waals surface area contributed by atoms with Crippen LogP contribution in [0.1, 0.15) is 30.3 Å². The average Bonchev–Trinajstić information content (AvgIpc) is 2.87. The van der Waals surface area contributed by atoms with Crippen molar-refractivity contribution in [2.24, 2.45) is 0 Å². The van der Waals surface area contributed by atoms with E-state index in [1.807, 2.05) is 19.3 Å². The van der Waals surface area contributed by atoms with Crippen LogP contribution in [0.5, 0.6) is 5.75 Å². The van der Waals surface area contributed by atoms with Crippen molar-refractivity contribution in [3.05, 3.63) is 47.5 Å². The Hall–Kier alpha value is -1.81. The number of aromatic nitrogens is 2. The summed E-state index contributed by atoms with van der Waals surface area (Å²) in [6.45, 7) is 4.01. The van der Waals surface area contributed by atoms with Gasteiger partial charge in [0.2, 0.25) is 0 Å². The van der Waals surface area contributed by atoms with Gasteiger partial charge in [0.25, 0.3) is 0 Å². The number of nitrogens with zero attached hydrogens (tertiary/aromatic N) is 2. The van der Waals surface area contributed by atoms with E-state index in [9.17, 15) is 0 Å². The Kier molecular flexibility index (Phi) is 5.18. The van der Waals surface area contributed by atoms with Gasteiger partial charge >= 0.3 is 0 Å². The first-order chi connectivity index (χ1) is 9.78. The van der Waals surface area contributed by atoms with Crippen molar-refractivity contribution in [3.63, 3.8) is 0 Å². The van der Waals surface area contributed by atoms with Crippen molar-refractivity contribution < 1.29 is 4.74 Å². The van der Waals surface area contributed by atoms with Crippen LogP contribution in [0.2, 0.25) is 0 Å². The van der Waals surface area contributed by atoms with Gasteiger partial charge in [0, 0.05) is 37.5 Å². The largest absolute Gasteiger partial charge is 0.496 e. The van der Waals surface area contributed by atoms with Gasteiger partial charge in [-0.25, -0.2) is 4.98 Å². The SMILES string of the molecule is CCCn1ccnc1Cc1ccc(OC)c(CNC)c1. The lowest BCUT2D eigenvalue weighted by Gasteiger charge is -2.11. The number of hydrogen-bond acceptors (Lipinski definition) is 3. The zero-order chi connectivity index (χ0) is 14.4. The van der Waals surface area contributed by atoms with Crippen molar-refractivity contribution in [1.29, 1.82) is 0 Å². The van der Waals surface area contributed by atoms with Crippen LogP contribution in [-0.4, -0.2) is 23.7 Å². The molecule has 0 fully saturated rings. The van der Waals surface area contributed by atoms with Gasteiger partial charge in [0.15, 0.2) is 0 Å². The van der Waals surface area contributed by atoms with Crippen molar-refractivity contribution in [2.75, 3.05) is 14.2 Å². The molecular formula is C16H23N3O. The lowest BCUT2D eigenvalue weighted by molar-refractivity contribution is 0.408. The van der Waals surface area contributed by atoms with Gasteiger partial charge < -0.3 is 14.6 Å². The molecule has 2 aromatic rings. The highest BCUT2D eigenvalue weighted by molar-refractivity contribution is 5.38. The summed E-state index contributed by atoms with van der Waals surface area (Å²) in [5.41, 5.74) is 2.45. The van der Waals surface area contributed by atoms with E-state index in [1.165, 1.54) is 11.1 Å². The Morgan fingerprint density at radius 3 is 2.90 bits per heavy atom. The molecule has 0 aliphatic rings. The molecule has 20 heavy (non-hydrogen) atoms. The molecule has 0 radical (unpaired) electrons. The lowest BCUT2D eigenvalue weighted by Crippen LogP contribution is -2.08. The highest BCUT2D eigenvalue weighted by Gasteiger charge is 2.07. The molecule has 0 unspecified atom stereocenters. The maximum atomic E-state index is 5.39. The first-order valence-electron chi connectivity index (χ1n) is 7.08. The Bertz CT molecular complexity index is 548. The van der Waals surface area contributed by atoms with Crippen LogP contribution in [0.3, 0.4) is 0 Å². The van der Waals surface area contributed by atoms with Crippen LogP contribution >= 0.6 is 0 Å². The minimum atomic E-state index is 0.806. The van der Waals surface area contributed by atoms with E-state index in [0.29, 0.717) is 0 Å². The number of imidazole rings is 1. The Morgan fingerprint density at radius 1 is 1.35 bits per heavy atom. The molecule has 0 spiro atoms. The minimum absolute atomic E-state index is 0.806. The molecule has 4 heteroatoms. The average molecular weight is 273 g/mol. The Morgan fingerprint density at radius 2 is 2.20 bits per heavy atom. The fraction of sp³-hybridized carbons (Fsp3) is 0.438. The topological polar surface area (TPSA) is 39.1 Å². The summed E-state index contributed by atoms with van der Waals surface area (Å²) in [5.74, 6) is 2.05. The van der Waals surface area contributed by atoms with Crippen LogP contribution in [0, 0.1) is 0 Å². The van der Waals surface area contributed by atoms with E-state index in [1.54, 1.807) is 7.11 Å². The molecule has 4 nitrogen and oxygen atoms in total. The Balaban J connectivity index is 2.20. The number of ether oxygens (including phenoxy) is 1. The van der Waals surface area contributed by atoms with Gasteiger partial charge in [0.1, 0.15) is 11.6 Å². The molecule has 0 aliphatic heterocycles. The molecule has 0 saturated carbocycles. The van der Waals surface area contributed by atoms with Crippen molar-refractivity contribution >= 4 is 0 Å². The second-order valence-corrected chi connectivity index (χ2v) is 4.89. The summed E-state index contributed by atoms with van der Waals surface area (Å²) in [5, 5.41) is 3.18. The number of rotatable bonds is 7. The predicted molar refractivity (Wildman–Crippen MR) is 81.1 cm³/mol. The van der Waals surface area contributed by atoms with Gasteiger partial charge in [0.05, 0.1) is 7.11 Å². The first kappa shape index (κ1) is 14.6. The molecule has 0 amide bonds. The van der Waals surface area contributed by atoms with E-state index < -0.39 is 0 Å². The lowest BCUT2D eigenvalue weighted by atomic mass is 10.1. The number of benzene rings is 1. The van der Waals surface area contributed by atoms with E-state index >= 15 is 0 Å². The number of hydrogen-bond donors (Lipinski definition) is 1. The zero-order valence-corrected chi connectivity index (χ0v) is 12.5. The fourth-order valence-electron chi connectivity index (χ4n) is 2.40. The minimum Gasteiger partial charge on any atom is -0.496 e. The third-order valence-corrected chi connectivity index (χ3v) is 3.34. The molecule has 1 heterocycles. The number of aryl methyl sites for hydroxylation is 1. The molecular weight excluding hydrogens is 250 g/mol. The molecule has 1 aromatic carbocycles. The van der Waals surface area contributed by atoms with Gasteiger partial charge in [-0.2, -0.15) is 0 Å². The molecule has 0 atom stereocenters. The smallest absolute Gasteiger partial charge is 0.123 e. The quantitative estimate of drug-likeness (QED) is 0.843. The first-order valence-corrected chi connectivity index (χ1v) is 7.08. The number of methoxy groups -OCH3 is 1. The molecule has 108 valence electrons. The van der Waals surface area contributed by atoms with Crippen LogP contribution in [0.15, 0.2) is 30.6 Å². The van der Waals surface area contributed by atoms with E-state index in [4.69, 9.17) is 4.74 Å². The zero-order valence-electron chi connectivity index (χ0n) is 12.5. The summed E-state index contributed by atoms with van der Waals surface area (Å²) in [6.07, 6.45) is 5.91. The monoisotopic (exact) mass is 273 g/mol. The normalized spacial score (nSPS) is 10.8. The highest BCUT2D eigenvalue weighted by atomic mass is 16.5. The van der Waals surface area contributed by atoms with Crippen LogP contribution in [-0.2, 0) is 19.5 Å². The van der Waals surface area contributed by atoms with Gasteiger partial charge in [-0.3, -0.25) is 0 Å². The summed E-state index contributed by atoms with van der Waals surface area (Å²) >= 11 is 0. The number of nitrogens with one attached hydrogen (secondary N) is 1. The van der Waals surface area contributed by atoms with Gasteiger partial charge in [-0.1, -0.05) is 19.1 Å².